The van der Waals surface area contributed by atoms with Crippen LogP contribution in [0, 0.1) is 0 Å². The molecule has 1 aromatic carbocycles. The Morgan fingerprint density at radius 3 is 2.75 bits per heavy atom. The molecule has 98 valence electrons. The van der Waals surface area contributed by atoms with Crippen LogP contribution in [-0.2, 0) is 0 Å². The summed E-state index contributed by atoms with van der Waals surface area (Å²) < 4.78 is 0. The first kappa shape index (κ1) is 12.6. The Balaban J connectivity index is 1.97. The summed E-state index contributed by atoms with van der Waals surface area (Å²) in [4.78, 5) is 20.5. The third kappa shape index (κ3) is 2.46. The second kappa shape index (κ2) is 5.27. The average molecular weight is 284 g/mol. The Hall–Kier alpha value is -2.46. The number of halogens is 1. The number of nitrogens with one attached hydrogen (secondary N) is 1. The van der Waals surface area contributed by atoms with E-state index >= 15 is 0 Å². The molecule has 0 spiro atoms. The van der Waals surface area contributed by atoms with E-state index in [1.54, 1.807) is 24.4 Å². The van der Waals surface area contributed by atoms with Crippen LogP contribution in [0.1, 0.15) is 10.5 Å². The van der Waals surface area contributed by atoms with Crippen LogP contribution in [-0.4, -0.2) is 15.9 Å². The van der Waals surface area contributed by atoms with E-state index in [-0.39, 0.29) is 5.91 Å². The number of rotatable bonds is 2. The van der Waals surface area contributed by atoms with Crippen LogP contribution in [0.25, 0.3) is 10.8 Å². The maximum Gasteiger partial charge on any atom is 0.276 e. The van der Waals surface area contributed by atoms with Crippen molar-refractivity contribution in [3.63, 3.8) is 0 Å². The summed E-state index contributed by atoms with van der Waals surface area (Å²) in [6, 6.07) is 14.5. The number of aromatic nitrogens is 2. The molecule has 0 atom stereocenters. The lowest BCUT2D eigenvalue weighted by Crippen LogP contribution is -2.15. The van der Waals surface area contributed by atoms with Crippen molar-refractivity contribution in [2.24, 2.45) is 0 Å². The van der Waals surface area contributed by atoms with Crippen molar-refractivity contribution < 1.29 is 4.79 Å². The zero-order valence-electron chi connectivity index (χ0n) is 10.4. The maximum absolute atomic E-state index is 12.3. The zero-order valence-corrected chi connectivity index (χ0v) is 11.1. The first-order chi connectivity index (χ1) is 9.74. The molecule has 1 N–H and O–H groups in total. The molecule has 5 heteroatoms. The summed E-state index contributed by atoms with van der Waals surface area (Å²) in [6.07, 6.45) is 1.61. The number of fused-ring (bicyclic) bond motifs is 1. The number of hydrogen-bond donors (Lipinski definition) is 1. The van der Waals surface area contributed by atoms with Crippen LogP contribution in [0.15, 0.2) is 54.7 Å². The molecular weight excluding hydrogens is 274 g/mol. The molecule has 0 bridgehead atoms. The van der Waals surface area contributed by atoms with Gasteiger partial charge in [-0.3, -0.25) is 9.78 Å². The Bertz CT molecular complexity index is 783. The first-order valence-corrected chi connectivity index (χ1v) is 6.39. The fourth-order valence-corrected chi connectivity index (χ4v) is 2.12. The van der Waals surface area contributed by atoms with Gasteiger partial charge in [0.05, 0.1) is 0 Å². The number of hydrogen-bond acceptors (Lipinski definition) is 3. The molecule has 0 saturated heterocycles. The zero-order chi connectivity index (χ0) is 13.9. The van der Waals surface area contributed by atoms with Gasteiger partial charge >= 0.3 is 0 Å². The smallest absolute Gasteiger partial charge is 0.276 e. The van der Waals surface area contributed by atoms with E-state index in [0.29, 0.717) is 16.7 Å². The van der Waals surface area contributed by atoms with E-state index in [4.69, 9.17) is 11.6 Å². The molecule has 4 nitrogen and oxygen atoms in total. The Morgan fingerprint density at radius 2 is 1.90 bits per heavy atom. The molecule has 0 aliphatic carbocycles. The lowest BCUT2D eigenvalue weighted by Gasteiger charge is -2.06. The lowest BCUT2D eigenvalue weighted by atomic mass is 10.1. The number of nitrogens with zero attached hydrogens (tertiary/aromatic N) is 2. The molecular formula is C15H10ClN3O. The second-order valence-electron chi connectivity index (χ2n) is 4.18. The van der Waals surface area contributed by atoms with E-state index in [1.807, 2.05) is 30.3 Å². The minimum atomic E-state index is -0.309. The van der Waals surface area contributed by atoms with Crippen LogP contribution in [0.2, 0.25) is 5.15 Å². The van der Waals surface area contributed by atoms with E-state index in [9.17, 15) is 4.79 Å². The van der Waals surface area contributed by atoms with Gasteiger partial charge in [0.2, 0.25) is 0 Å². The quantitative estimate of drug-likeness (QED) is 0.732. The van der Waals surface area contributed by atoms with Gasteiger partial charge in [0.1, 0.15) is 16.7 Å². The fraction of sp³-hybridized carbons (Fsp3) is 0. The van der Waals surface area contributed by atoms with Gasteiger partial charge in [-0.25, -0.2) is 4.98 Å². The third-order valence-electron chi connectivity index (χ3n) is 2.85. The third-order valence-corrected chi connectivity index (χ3v) is 3.06. The van der Waals surface area contributed by atoms with Crippen molar-refractivity contribution in [2.75, 3.05) is 5.32 Å². The summed E-state index contributed by atoms with van der Waals surface area (Å²) in [5.74, 6) is 0.0915. The van der Waals surface area contributed by atoms with Crippen molar-refractivity contribution in [3.05, 3.63) is 65.6 Å². The van der Waals surface area contributed by atoms with Gasteiger partial charge < -0.3 is 5.32 Å². The van der Waals surface area contributed by atoms with Gasteiger partial charge in [0.25, 0.3) is 5.91 Å². The van der Waals surface area contributed by atoms with E-state index in [2.05, 4.69) is 15.3 Å². The van der Waals surface area contributed by atoms with E-state index < -0.39 is 0 Å². The number of anilines is 1. The molecule has 0 radical (unpaired) electrons. The highest BCUT2D eigenvalue weighted by Crippen LogP contribution is 2.17. The van der Waals surface area contributed by atoms with Crippen LogP contribution < -0.4 is 5.32 Å². The average Bonchev–Trinajstić information content (AvgIpc) is 2.46. The minimum absolute atomic E-state index is 0.309. The monoisotopic (exact) mass is 283 g/mol. The van der Waals surface area contributed by atoms with Crippen LogP contribution in [0.5, 0.6) is 0 Å². The molecule has 1 amide bonds. The van der Waals surface area contributed by atoms with Crippen molar-refractivity contribution >= 4 is 34.1 Å². The molecule has 0 unspecified atom stereocenters. The molecule has 3 aromatic rings. The van der Waals surface area contributed by atoms with Gasteiger partial charge in [0, 0.05) is 11.6 Å². The molecule has 3 rings (SSSR count). The fourth-order valence-electron chi connectivity index (χ4n) is 1.95. The summed E-state index contributed by atoms with van der Waals surface area (Å²) in [5.41, 5.74) is 0.366. The van der Waals surface area contributed by atoms with Gasteiger partial charge in [-0.2, -0.15) is 0 Å². The van der Waals surface area contributed by atoms with E-state index in [1.165, 1.54) is 0 Å². The number of carbonyl (C=O) groups excluding carboxylic acids is 1. The molecule has 0 saturated carbocycles. The second-order valence-corrected chi connectivity index (χ2v) is 4.57. The summed E-state index contributed by atoms with van der Waals surface area (Å²) in [7, 11) is 0. The highest BCUT2D eigenvalue weighted by molar-refractivity contribution is 6.29. The highest BCUT2D eigenvalue weighted by Gasteiger charge is 2.12. The van der Waals surface area contributed by atoms with Crippen LogP contribution >= 0.6 is 11.6 Å². The normalized spacial score (nSPS) is 10.4. The van der Waals surface area contributed by atoms with Crippen LogP contribution in [0.3, 0.4) is 0 Å². The van der Waals surface area contributed by atoms with Crippen molar-refractivity contribution in [1.29, 1.82) is 0 Å². The number of pyridine rings is 2. The number of benzene rings is 1. The maximum atomic E-state index is 12.3. The lowest BCUT2D eigenvalue weighted by molar-refractivity contribution is 0.102. The standard InChI is InChI=1S/C15H10ClN3O/c16-12-6-3-7-13(18-12)19-15(20)14-11-5-2-1-4-10(11)8-9-17-14/h1-9H,(H,18,19,20). The van der Waals surface area contributed by atoms with Gasteiger partial charge in [-0.05, 0) is 23.6 Å². The largest absolute Gasteiger partial charge is 0.305 e. The Kier molecular flexibility index (Phi) is 3.31. The summed E-state index contributed by atoms with van der Waals surface area (Å²) in [5, 5.41) is 4.79. The van der Waals surface area contributed by atoms with Crippen molar-refractivity contribution in [1.82, 2.24) is 9.97 Å². The predicted molar refractivity (Wildman–Crippen MR) is 78.9 cm³/mol. The number of carbonyl (C=O) groups is 1. The van der Waals surface area contributed by atoms with Crippen molar-refractivity contribution in [2.45, 2.75) is 0 Å². The topological polar surface area (TPSA) is 54.9 Å². The predicted octanol–water partition coefficient (Wildman–Crippen LogP) is 3.54. The van der Waals surface area contributed by atoms with Gasteiger partial charge in [-0.1, -0.05) is 41.9 Å². The summed E-state index contributed by atoms with van der Waals surface area (Å²) in [6.45, 7) is 0. The molecule has 2 heterocycles. The molecule has 2 aromatic heterocycles. The van der Waals surface area contributed by atoms with Gasteiger partial charge in [-0.15, -0.1) is 0 Å². The summed E-state index contributed by atoms with van der Waals surface area (Å²) >= 11 is 5.79. The molecule has 0 aliphatic rings. The van der Waals surface area contributed by atoms with E-state index in [0.717, 1.165) is 10.8 Å². The Labute approximate surface area is 120 Å². The molecule has 20 heavy (non-hydrogen) atoms. The molecule has 0 aliphatic heterocycles. The molecule has 0 fully saturated rings. The first-order valence-electron chi connectivity index (χ1n) is 6.02. The minimum Gasteiger partial charge on any atom is -0.305 e. The number of amides is 1. The van der Waals surface area contributed by atoms with Crippen molar-refractivity contribution in [3.8, 4) is 0 Å². The Morgan fingerprint density at radius 1 is 1.05 bits per heavy atom. The van der Waals surface area contributed by atoms with Crippen LogP contribution in [0.4, 0.5) is 5.82 Å². The SMILES string of the molecule is O=C(Nc1cccc(Cl)n1)c1nccc2ccccc12. The highest BCUT2D eigenvalue weighted by atomic mass is 35.5. The van der Waals surface area contributed by atoms with Gasteiger partial charge in [0.15, 0.2) is 0 Å².